The number of rotatable bonds is 6. The van der Waals surface area contributed by atoms with Crippen molar-refractivity contribution >= 4 is 5.97 Å². The van der Waals surface area contributed by atoms with Crippen molar-refractivity contribution in [3.8, 4) is 0 Å². The molecular formula is C28H50O2. The maximum absolute atomic E-state index is 11.7. The first-order chi connectivity index (χ1) is 14.3. The average molecular weight is 419 g/mol. The second-order valence-corrected chi connectivity index (χ2v) is 11.9. The summed E-state index contributed by atoms with van der Waals surface area (Å²) < 4.78 is 4.92. The predicted octanol–water partition coefficient (Wildman–Crippen LogP) is 7.75. The Morgan fingerprint density at radius 2 is 1.63 bits per heavy atom. The molecule has 0 N–H and O–H groups in total. The number of esters is 1. The van der Waals surface area contributed by atoms with Crippen molar-refractivity contribution in [1.82, 2.24) is 0 Å². The van der Waals surface area contributed by atoms with Crippen LogP contribution in [0.2, 0.25) is 0 Å². The Hall–Kier alpha value is -0.530. The monoisotopic (exact) mass is 418 g/mol. The minimum atomic E-state index is -0.218. The number of hydrogen-bond acceptors (Lipinski definition) is 2. The topological polar surface area (TPSA) is 26.3 Å². The van der Waals surface area contributed by atoms with Crippen molar-refractivity contribution in [3.63, 3.8) is 0 Å². The maximum atomic E-state index is 11.7. The molecule has 0 spiro atoms. The molecule has 2 heteroatoms. The summed E-state index contributed by atoms with van der Waals surface area (Å²) in [5, 5.41) is 0. The van der Waals surface area contributed by atoms with Gasteiger partial charge >= 0.3 is 5.97 Å². The highest BCUT2D eigenvalue weighted by Gasteiger charge is 2.58. The Bertz CT molecular complexity index is 571. The van der Waals surface area contributed by atoms with Crippen LogP contribution in [0.3, 0.4) is 0 Å². The van der Waals surface area contributed by atoms with E-state index in [9.17, 15) is 4.79 Å². The van der Waals surface area contributed by atoms with Crippen LogP contribution in [0.15, 0.2) is 0 Å². The zero-order valence-electron chi connectivity index (χ0n) is 21.1. The molecule has 174 valence electrons. The Kier molecular flexibility index (Phi) is 8.00. The quantitative estimate of drug-likeness (QED) is 0.412. The third kappa shape index (κ3) is 4.36. The average Bonchev–Trinajstić information content (AvgIpc) is 3.45. The number of carbonyl (C=O) groups excluding carboxylic acids is 1. The maximum Gasteiger partial charge on any atom is 0.311 e. The largest absolute Gasteiger partial charge is 0.469 e. The van der Waals surface area contributed by atoms with Crippen LogP contribution in [0.4, 0.5) is 0 Å². The fourth-order valence-corrected chi connectivity index (χ4v) is 9.03. The van der Waals surface area contributed by atoms with Gasteiger partial charge < -0.3 is 4.74 Å². The van der Waals surface area contributed by atoms with E-state index in [1.807, 2.05) is 0 Å². The lowest BCUT2D eigenvalue weighted by molar-refractivity contribution is -0.154. The van der Waals surface area contributed by atoms with E-state index < -0.39 is 0 Å². The molecule has 0 heterocycles. The van der Waals surface area contributed by atoms with E-state index >= 15 is 0 Å². The Balaban J connectivity index is 0.000000173. The van der Waals surface area contributed by atoms with Gasteiger partial charge in [0.05, 0.1) is 12.5 Å². The van der Waals surface area contributed by atoms with Crippen LogP contribution in [-0.2, 0) is 9.53 Å². The van der Waals surface area contributed by atoms with Gasteiger partial charge in [0.15, 0.2) is 0 Å². The third-order valence-electron chi connectivity index (χ3n) is 9.98. The van der Waals surface area contributed by atoms with Crippen LogP contribution in [0.25, 0.3) is 0 Å². The predicted molar refractivity (Wildman–Crippen MR) is 126 cm³/mol. The first-order valence-electron chi connectivity index (χ1n) is 13.4. The van der Waals surface area contributed by atoms with Gasteiger partial charge in [-0.15, -0.1) is 0 Å². The standard InChI is InChI=1S/C16H28.C12H22O2/c1-4-6-12-7-10(3)15-13-8-11(5-2)14(9-13)16(12)15;1-5-6-10-7-9(2)8-12(10,3)11(13)14-4/h10-16H,4-9H2,1-3H3;9-10H,5-8H2,1-4H3. The molecule has 2 nitrogen and oxygen atoms in total. The second kappa shape index (κ2) is 9.95. The Morgan fingerprint density at radius 3 is 2.23 bits per heavy atom. The summed E-state index contributed by atoms with van der Waals surface area (Å²) in [6.45, 7) is 13.8. The molecule has 4 aliphatic rings. The van der Waals surface area contributed by atoms with Crippen molar-refractivity contribution in [3.05, 3.63) is 0 Å². The van der Waals surface area contributed by atoms with Crippen LogP contribution >= 0.6 is 0 Å². The molecular weight excluding hydrogens is 368 g/mol. The minimum Gasteiger partial charge on any atom is -0.469 e. The van der Waals surface area contributed by atoms with E-state index in [0.717, 1.165) is 60.7 Å². The Morgan fingerprint density at radius 1 is 0.933 bits per heavy atom. The van der Waals surface area contributed by atoms with Crippen molar-refractivity contribution in [1.29, 1.82) is 0 Å². The molecule has 4 fully saturated rings. The minimum absolute atomic E-state index is 0.0136. The van der Waals surface area contributed by atoms with Crippen molar-refractivity contribution < 1.29 is 9.53 Å². The summed E-state index contributed by atoms with van der Waals surface area (Å²) >= 11 is 0. The molecule has 0 aromatic rings. The molecule has 10 unspecified atom stereocenters. The molecule has 4 rings (SSSR count). The SMILES string of the molecule is CCCC1CC(C)C2C3CC(CC)C(C3)C12.CCCC1CC(C)CC1(C)C(=O)OC. The van der Waals surface area contributed by atoms with Gasteiger partial charge in [-0.25, -0.2) is 0 Å². The molecule has 0 aromatic heterocycles. The smallest absolute Gasteiger partial charge is 0.311 e. The van der Waals surface area contributed by atoms with E-state index in [4.69, 9.17) is 4.74 Å². The molecule has 0 amide bonds. The van der Waals surface area contributed by atoms with Gasteiger partial charge in [-0.1, -0.05) is 60.3 Å². The van der Waals surface area contributed by atoms with E-state index in [1.165, 1.54) is 32.8 Å². The summed E-state index contributed by atoms with van der Waals surface area (Å²) in [5.74, 6) is 9.01. The van der Waals surface area contributed by atoms with E-state index in [2.05, 4.69) is 41.5 Å². The number of ether oxygens (including phenoxy) is 1. The van der Waals surface area contributed by atoms with Crippen LogP contribution in [0, 0.1) is 58.7 Å². The first-order valence-corrected chi connectivity index (χ1v) is 13.4. The molecule has 0 aromatic carbocycles. The molecule has 4 saturated carbocycles. The van der Waals surface area contributed by atoms with Crippen molar-refractivity contribution in [2.75, 3.05) is 7.11 Å². The molecule has 2 bridgehead atoms. The molecule has 0 saturated heterocycles. The molecule has 0 aliphatic heterocycles. The molecule has 10 atom stereocenters. The summed E-state index contributed by atoms with van der Waals surface area (Å²) in [6, 6.07) is 0. The van der Waals surface area contributed by atoms with Gasteiger partial charge in [0.2, 0.25) is 0 Å². The number of methoxy groups -OCH3 is 1. The van der Waals surface area contributed by atoms with Crippen LogP contribution in [0.1, 0.15) is 106 Å². The number of fused-ring (bicyclic) bond motifs is 5. The highest BCUT2D eigenvalue weighted by molar-refractivity contribution is 5.77. The fraction of sp³-hybridized carbons (Fsp3) is 0.964. The van der Waals surface area contributed by atoms with E-state index in [-0.39, 0.29) is 11.4 Å². The second-order valence-electron chi connectivity index (χ2n) is 11.9. The Labute approximate surface area is 187 Å². The summed E-state index contributed by atoms with van der Waals surface area (Å²) in [5.41, 5.74) is -0.218. The summed E-state index contributed by atoms with van der Waals surface area (Å²) in [6.07, 6.45) is 13.6. The van der Waals surface area contributed by atoms with Gasteiger partial charge in [-0.2, -0.15) is 0 Å². The molecule has 30 heavy (non-hydrogen) atoms. The molecule has 4 aliphatic carbocycles. The number of hydrogen-bond donors (Lipinski definition) is 0. The van der Waals surface area contributed by atoms with Gasteiger partial charge in [0, 0.05) is 0 Å². The lowest BCUT2D eigenvalue weighted by Crippen LogP contribution is -2.32. The van der Waals surface area contributed by atoms with Gasteiger partial charge in [-0.3, -0.25) is 4.79 Å². The van der Waals surface area contributed by atoms with Gasteiger partial charge in [0.1, 0.15) is 0 Å². The fourth-order valence-electron chi connectivity index (χ4n) is 9.03. The lowest BCUT2D eigenvalue weighted by Gasteiger charge is -2.35. The zero-order chi connectivity index (χ0) is 22.1. The van der Waals surface area contributed by atoms with Gasteiger partial charge in [-0.05, 0) is 98.7 Å². The molecule has 0 radical (unpaired) electrons. The third-order valence-corrected chi connectivity index (χ3v) is 9.98. The first kappa shape index (κ1) is 24.1. The van der Waals surface area contributed by atoms with Crippen molar-refractivity contribution in [2.24, 2.45) is 58.7 Å². The summed E-state index contributed by atoms with van der Waals surface area (Å²) in [4.78, 5) is 11.7. The van der Waals surface area contributed by atoms with E-state index in [0.29, 0.717) is 11.8 Å². The van der Waals surface area contributed by atoms with Crippen LogP contribution in [-0.4, -0.2) is 13.1 Å². The van der Waals surface area contributed by atoms with Crippen molar-refractivity contribution in [2.45, 2.75) is 106 Å². The lowest BCUT2D eigenvalue weighted by atomic mass is 9.70. The van der Waals surface area contributed by atoms with Crippen LogP contribution in [0.5, 0.6) is 0 Å². The highest BCUT2D eigenvalue weighted by atomic mass is 16.5. The zero-order valence-corrected chi connectivity index (χ0v) is 21.1. The van der Waals surface area contributed by atoms with E-state index in [1.54, 1.807) is 19.3 Å². The van der Waals surface area contributed by atoms with Crippen LogP contribution < -0.4 is 0 Å². The summed E-state index contributed by atoms with van der Waals surface area (Å²) in [7, 11) is 1.50. The normalized spacial score (nSPS) is 46.4. The highest BCUT2D eigenvalue weighted by Crippen LogP contribution is 2.65. The van der Waals surface area contributed by atoms with Gasteiger partial charge in [0.25, 0.3) is 0 Å². The number of carbonyl (C=O) groups is 1.